The summed E-state index contributed by atoms with van der Waals surface area (Å²) in [5.41, 5.74) is 1.43. The van der Waals surface area contributed by atoms with E-state index in [1.165, 1.54) is 11.3 Å². The second-order valence-electron chi connectivity index (χ2n) is 5.29. The van der Waals surface area contributed by atoms with Gasteiger partial charge in [-0.15, -0.1) is 0 Å². The average Bonchev–Trinajstić information content (AvgIpc) is 2.89. The van der Waals surface area contributed by atoms with Crippen LogP contribution in [-0.4, -0.2) is 19.9 Å². The van der Waals surface area contributed by atoms with Crippen LogP contribution in [0.1, 0.15) is 19.8 Å². The summed E-state index contributed by atoms with van der Waals surface area (Å²) < 4.78 is 4.64. The van der Waals surface area contributed by atoms with Crippen molar-refractivity contribution in [3.63, 3.8) is 0 Å². The second-order valence-corrected chi connectivity index (χ2v) is 8.44. The lowest BCUT2D eigenvalue weighted by molar-refractivity contribution is 0.721. The molecule has 0 spiro atoms. The summed E-state index contributed by atoms with van der Waals surface area (Å²) in [6.07, 6.45) is 2.20. The molecule has 0 N–H and O–H groups in total. The topological polar surface area (TPSA) is 39.8 Å². The Morgan fingerprint density at radius 2 is 2.04 bits per heavy atom. The lowest BCUT2D eigenvalue weighted by atomic mass is 10.3. The van der Waals surface area contributed by atoms with E-state index >= 15 is 0 Å². The summed E-state index contributed by atoms with van der Waals surface area (Å²) in [6.45, 7) is 2.15. The molecule has 0 amide bonds. The second kappa shape index (κ2) is 7.39. The maximum atomic E-state index is 12.7. The molecule has 0 fully saturated rings. The van der Waals surface area contributed by atoms with E-state index in [0.717, 1.165) is 29.4 Å². The Hall–Kier alpha value is -1.15. The lowest BCUT2D eigenvalue weighted by Gasteiger charge is -2.09. The van der Waals surface area contributed by atoms with E-state index in [1.54, 1.807) is 35.5 Å². The summed E-state index contributed by atoms with van der Waals surface area (Å²) in [5, 5.41) is 1.38. The molecule has 0 aliphatic rings. The van der Waals surface area contributed by atoms with Crippen LogP contribution in [0, 0.1) is 3.95 Å². The van der Waals surface area contributed by atoms with Crippen molar-refractivity contribution in [3.8, 4) is 5.69 Å². The van der Waals surface area contributed by atoms with Gasteiger partial charge in [-0.1, -0.05) is 48.0 Å². The minimum Gasteiger partial charge on any atom is -0.289 e. The molecule has 0 saturated heterocycles. The molecule has 3 aromatic rings. The van der Waals surface area contributed by atoms with Gasteiger partial charge >= 0.3 is 0 Å². The first-order valence-corrected chi connectivity index (χ1v) is 10.1. The summed E-state index contributed by atoms with van der Waals surface area (Å²) in [4.78, 5) is 17.4. The van der Waals surface area contributed by atoms with Crippen LogP contribution in [-0.2, 0) is 7.05 Å². The van der Waals surface area contributed by atoms with Crippen molar-refractivity contribution in [1.82, 2.24) is 14.1 Å². The van der Waals surface area contributed by atoms with Gasteiger partial charge in [0.05, 0.1) is 0 Å². The van der Waals surface area contributed by atoms with Crippen LogP contribution >= 0.6 is 46.9 Å². The summed E-state index contributed by atoms with van der Waals surface area (Å²) in [6, 6.07) is 7.38. The normalized spacial score (nSPS) is 11.3. The van der Waals surface area contributed by atoms with Gasteiger partial charge in [0.2, 0.25) is 0 Å². The standard InChI is InChI=1S/C16H16ClN3OS3/c1-3-4-9-23-15-18-13-12(14(21)19(15)2)24-16(22)20(13)11-7-5-10(17)6-8-11/h5-8H,3-4,9H2,1-2H3. The average molecular weight is 398 g/mol. The number of benzene rings is 1. The Bertz CT molecular complexity index is 989. The minimum absolute atomic E-state index is 0.0530. The van der Waals surface area contributed by atoms with Crippen molar-refractivity contribution in [3.05, 3.63) is 43.6 Å². The van der Waals surface area contributed by atoms with E-state index < -0.39 is 0 Å². The summed E-state index contributed by atoms with van der Waals surface area (Å²) in [5.74, 6) is 0.939. The van der Waals surface area contributed by atoms with Gasteiger partial charge in [-0.2, -0.15) is 0 Å². The molecule has 24 heavy (non-hydrogen) atoms. The first kappa shape index (κ1) is 17.7. The molecule has 4 nitrogen and oxygen atoms in total. The predicted molar refractivity (Wildman–Crippen MR) is 106 cm³/mol. The van der Waals surface area contributed by atoms with Crippen molar-refractivity contribution >= 4 is 57.3 Å². The zero-order valence-electron chi connectivity index (χ0n) is 13.3. The van der Waals surface area contributed by atoms with Crippen LogP contribution in [0.3, 0.4) is 0 Å². The molecular weight excluding hydrogens is 382 g/mol. The van der Waals surface area contributed by atoms with Gasteiger partial charge in [-0.3, -0.25) is 13.9 Å². The van der Waals surface area contributed by atoms with Crippen LogP contribution < -0.4 is 5.56 Å². The molecule has 0 unspecified atom stereocenters. The Labute approximate surface area is 158 Å². The number of thiazole rings is 1. The van der Waals surface area contributed by atoms with Crippen molar-refractivity contribution < 1.29 is 0 Å². The Morgan fingerprint density at radius 1 is 1.33 bits per heavy atom. The third-order valence-electron chi connectivity index (χ3n) is 3.59. The number of nitrogens with zero attached hydrogens (tertiary/aromatic N) is 3. The molecule has 126 valence electrons. The highest BCUT2D eigenvalue weighted by atomic mass is 35.5. The van der Waals surface area contributed by atoms with Gasteiger partial charge in [0.15, 0.2) is 14.8 Å². The highest BCUT2D eigenvalue weighted by Gasteiger charge is 2.16. The molecule has 0 aliphatic heterocycles. The van der Waals surface area contributed by atoms with E-state index in [1.807, 2.05) is 16.7 Å². The minimum atomic E-state index is -0.0530. The summed E-state index contributed by atoms with van der Waals surface area (Å²) >= 11 is 14.3. The Kier molecular flexibility index (Phi) is 5.44. The lowest BCUT2D eigenvalue weighted by Crippen LogP contribution is -2.19. The number of hydrogen-bond donors (Lipinski definition) is 0. The molecule has 3 rings (SSSR count). The fourth-order valence-corrected chi connectivity index (χ4v) is 4.79. The molecule has 2 heterocycles. The zero-order valence-corrected chi connectivity index (χ0v) is 16.5. The molecule has 0 bridgehead atoms. The number of hydrogen-bond acceptors (Lipinski definition) is 5. The Balaban J connectivity index is 2.20. The highest BCUT2D eigenvalue weighted by molar-refractivity contribution is 7.99. The fraction of sp³-hybridized carbons (Fsp3) is 0.312. The van der Waals surface area contributed by atoms with Crippen LogP contribution in [0.15, 0.2) is 34.2 Å². The quantitative estimate of drug-likeness (QED) is 0.261. The first-order valence-electron chi connectivity index (χ1n) is 7.54. The molecule has 2 aromatic heterocycles. The maximum Gasteiger partial charge on any atom is 0.273 e. The highest BCUT2D eigenvalue weighted by Crippen LogP contribution is 2.26. The van der Waals surface area contributed by atoms with Crippen molar-refractivity contribution in [2.75, 3.05) is 5.75 Å². The smallest absolute Gasteiger partial charge is 0.273 e. The molecule has 0 aliphatic carbocycles. The molecule has 1 aromatic carbocycles. The molecule has 8 heteroatoms. The van der Waals surface area contributed by atoms with E-state index in [-0.39, 0.29) is 5.56 Å². The third-order valence-corrected chi connectivity index (χ3v) is 6.31. The van der Waals surface area contributed by atoms with Gasteiger partial charge in [0.1, 0.15) is 4.70 Å². The van der Waals surface area contributed by atoms with Crippen LogP contribution in [0.2, 0.25) is 5.02 Å². The Morgan fingerprint density at radius 3 is 2.71 bits per heavy atom. The predicted octanol–water partition coefficient (Wildman–Crippen LogP) is 5.06. The van der Waals surface area contributed by atoms with Gasteiger partial charge in [-0.25, -0.2) is 4.98 Å². The molecule has 0 saturated carbocycles. The van der Waals surface area contributed by atoms with Gasteiger partial charge in [0.25, 0.3) is 5.56 Å². The van der Waals surface area contributed by atoms with Gasteiger partial charge in [-0.05, 0) is 42.9 Å². The van der Waals surface area contributed by atoms with Crippen LogP contribution in [0.4, 0.5) is 0 Å². The number of fused-ring (bicyclic) bond motifs is 1. The van der Waals surface area contributed by atoms with Crippen LogP contribution in [0.5, 0.6) is 0 Å². The SMILES string of the molecule is CCCCSc1nc2c(sc(=S)n2-c2ccc(Cl)cc2)c(=O)n1C. The number of halogens is 1. The molecule has 0 radical (unpaired) electrons. The maximum absolute atomic E-state index is 12.7. The molecule has 0 atom stereocenters. The van der Waals surface area contributed by atoms with Gasteiger partial charge in [0, 0.05) is 23.5 Å². The van der Waals surface area contributed by atoms with Gasteiger partial charge < -0.3 is 0 Å². The van der Waals surface area contributed by atoms with Crippen molar-refractivity contribution in [2.24, 2.45) is 7.05 Å². The molecular formula is C16H16ClN3OS3. The van der Waals surface area contributed by atoms with E-state index in [0.29, 0.717) is 19.3 Å². The van der Waals surface area contributed by atoms with Crippen molar-refractivity contribution in [2.45, 2.75) is 24.9 Å². The van der Waals surface area contributed by atoms with Crippen molar-refractivity contribution in [1.29, 1.82) is 0 Å². The monoisotopic (exact) mass is 397 g/mol. The number of rotatable bonds is 5. The van der Waals surface area contributed by atoms with E-state index in [4.69, 9.17) is 28.8 Å². The fourth-order valence-electron chi connectivity index (χ4n) is 2.27. The number of unbranched alkanes of at least 4 members (excludes halogenated alkanes) is 1. The van der Waals surface area contributed by atoms with E-state index in [2.05, 4.69) is 6.92 Å². The number of thioether (sulfide) groups is 1. The first-order chi connectivity index (χ1) is 11.5. The summed E-state index contributed by atoms with van der Waals surface area (Å²) in [7, 11) is 1.76. The third kappa shape index (κ3) is 3.31. The van der Waals surface area contributed by atoms with E-state index in [9.17, 15) is 4.79 Å². The van der Waals surface area contributed by atoms with Crippen LogP contribution in [0.25, 0.3) is 16.0 Å². The number of aromatic nitrogens is 3. The zero-order chi connectivity index (χ0) is 17.3. The largest absolute Gasteiger partial charge is 0.289 e.